The van der Waals surface area contributed by atoms with Crippen LogP contribution < -0.4 is 4.74 Å². The molecule has 0 spiro atoms. The molecule has 94 valence electrons. The van der Waals surface area contributed by atoms with Gasteiger partial charge in [-0.1, -0.05) is 0 Å². The minimum absolute atomic E-state index is 0.273. The third kappa shape index (κ3) is 3.49. The molecule has 0 radical (unpaired) electrons. The Kier molecular flexibility index (Phi) is 4.69. The van der Waals surface area contributed by atoms with Gasteiger partial charge in [-0.05, 0) is 12.5 Å². The number of terminal acetylenes is 1. The summed E-state index contributed by atoms with van der Waals surface area (Å²) >= 11 is 0. The molecule has 0 unspecified atom stereocenters. The Hall–Kier alpha value is -2.55. The minimum atomic E-state index is -1.37. The molecule has 1 N–H and O–H groups in total. The number of nitro benzene ring substituents is 1. The molecule has 0 aromatic heterocycles. The molecule has 1 aromatic rings. The zero-order valence-electron chi connectivity index (χ0n) is 9.46. The highest BCUT2D eigenvalue weighted by Crippen LogP contribution is 2.24. The SMILES string of the molecule is C#CCCCOc1ccc([N+](=O)[O-])c(C(=O)O)c1. The van der Waals surface area contributed by atoms with E-state index in [1.165, 1.54) is 6.07 Å². The molecular weight excluding hydrogens is 238 g/mol. The standard InChI is InChI=1S/C12H11NO5/c1-2-3-4-7-18-9-5-6-11(13(16)17)10(8-9)12(14)15/h1,5-6,8H,3-4,7H2,(H,14,15). The number of carboxylic acid groups (broad SMARTS) is 1. The van der Waals surface area contributed by atoms with Crippen molar-refractivity contribution in [2.24, 2.45) is 0 Å². The molecular formula is C12H11NO5. The Morgan fingerprint density at radius 1 is 1.56 bits per heavy atom. The lowest BCUT2D eigenvalue weighted by atomic mass is 10.1. The van der Waals surface area contributed by atoms with E-state index < -0.39 is 22.1 Å². The molecule has 0 atom stereocenters. The predicted octanol–water partition coefficient (Wildman–Crippen LogP) is 2.09. The summed E-state index contributed by atoms with van der Waals surface area (Å²) in [6.07, 6.45) is 6.26. The molecule has 0 aliphatic rings. The van der Waals surface area contributed by atoms with Gasteiger partial charge >= 0.3 is 5.97 Å². The second-order valence-electron chi connectivity index (χ2n) is 3.40. The second kappa shape index (κ2) is 6.25. The number of nitrogens with zero attached hydrogens (tertiary/aromatic N) is 1. The van der Waals surface area contributed by atoms with Gasteiger partial charge in [-0.25, -0.2) is 4.79 Å². The number of aromatic carboxylic acids is 1. The lowest BCUT2D eigenvalue weighted by Crippen LogP contribution is -2.04. The molecule has 6 heteroatoms. The average molecular weight is 249 g/mol. The molecule has 0 amide bonds. The maximum absolute atomic E-state index is 10.9. The molecule has 0 bridgehead atoms. The molecule has 0 heterocycles. The normalized spacial score (nSPS) is 9.50. The topological polar surface area (TPSA) is 89.7 Å². The van der Waals surface area contributed by atoms with Crippen LogP contribution in [0.4, 0.5) is 5.69 Å². The molecule has 1 rings (SSSR count). The molecule has 1 aromatic carbocycles. The van der Waals surface area contributed by atoms with E-state index in [2.05, 4.69) is 5.92 Å². The predicted molar refractivity (Wildman–Crippen MR) is 63.6 cm³/mol. The first-order valence-corrected chi connectivity index (χ1v) is 5.14. The molecule has 0 aliphatic heterocycles. The maximum atomic E-state index is 10.9. The van der Waals surface area contributed by atoms with Crippen LogP contribution in [0.2, 0.25) is 0 Å². The number of carboxylic acids is 1. The smallest absolute Gasteiger partial charge is 0.342 e. The summed E-state index contributed by atoms with van der Waals surface area (Å²) in [6.45, 7) is 0.334. The number of nitro groups is 1. The van der Waals surface area contributed by atoms with Gasteiger partial charge in [-0.15, -0.1) is 12.3 Å². The Morgan fingerprint density at radius 2 is 2.28 bits per heavy atom. The first-order valence-electron chi connectivity index (χ1n) is 5.14. The van der Waals surface area contributed by atoms with Crippen molar-refractivity contribution in [1.82, 2.24) is 0 Å². The largest absolute Gasteiger partial charge is 0.494 e. The van der Waals surface area contributed by atoms with Crippen molar-refractivity contribution >= 4 is 11.7 Å². The van der Waals surface area contributed by atoms with Crippen LogP contribution in [-0.2, 0) is 0 Å². The van der Waals surface area contributed by atoms with E-state index in [-0.39, 0.29) is 5.75 Å². The Bertz CT molecular complexity index is 504. The summed E-state index contributed by atoms with van der Waals surface area (Å²) in [5.74, 6) is 1.35. The number of carbonyl (C=O) groups is 1. The van der Waals surface area contributed by atoms with Gasteiger partial charge in [-0.2, -0.15) is 0 Å². The monoisotopic (exact) mass is 249 g/mol. The highest BCUT2D eigenvalue weighted by Gasteiger charge is 2.20. The van der Waals surface area contributed by atoms with Gasteiger partial charge < -0.3 is 9.84 Å². The fraction of sp³-hybridized carbons (Fsp3) is 0.250. The van der Waals surface area contributed by atoms with Crippen LogP contribution in [-0.4, -0.2) is 22.6 Å². The van der Waals surface area contributed by atoms with Crippen molar-refractivity contribution in [3.05, 3.63) is 33.9 Å². The summed E-state index contributed by atoms with van der Waals surface area (Å²) in [5, 5.41) is 19.5. The van der Waals surface area contributed by atoms with Gasteiger partial charge in [0.05, 0.1) is 11.5 Å². The van der Waals surface area contributed by atoms with E-state index in [1.807, 2.05) is 0 Å². The van der Waals surface area contributed by atoms with Gasteiger partial charge in [0, 0.05) is 18.6 Å². The highest BCUT2D eigenvalue weighted by atomic mass is 16.6. The number of unbranched alkanes of at least 4 members (excludes halogenated alkanes) is 1. The van der Waals surface area contributed by atoms with Crippen LogP contribution in [0.25, 0.3) is 0 Å². The Morgan fingerprint density at radius 3 is 2.83 bits per heavy atom. The number of hydrogen-bond acceptors (Lipinski definition) is 4. The molecule has 0 saturated carbocycles. The van der Waals surface area contributed by atoms with Gasteiger partial charge in [0.1, 0.15) is 11.3 Å². The first kappa shape index (κ1) is 13.5. The molecule has 6 nitrogen and oxygen atoms in total. The molecule has 0 aliphatic carbocycles. The fourth-order valence-corrected chi connectivity index (χ4v) is 1.30. The Balaban J connectivity index is 2.84. The fourth-order valence-electron chi connectivity index (χ4n) is 1.30. The van der Waals surface area contributed by atoms with E-state index >= 15 is 0 Å². The van der Waals surface area contributed by atoms with Crippen molar-refractivity contribution in [2.75, 3.05) is 6.61 Å². The van der Waals surface area contributed by atoms with Crippen LogP contribution >= 0.6 is 0 Å². The Labute approximate surface area is 103 Å². The van der Waals surface area contributed by atoms with Crippen molar-refractivity contribution < 1.29 is 19.6 Å². The molecule has 18 heavy (non-hydrogen) atoms. The maximum Gasteiger partial charge on any atom is 0.342 e. The van der Waals surface area contributed by atoms with E-state index in [0.717, 1.165) is 12.1 Å². The number of hydrogen-bond donors (Lipinski definition) is 1. The second-order valence-corrected chi connectivity index (χ2v) is 3.40. The third-order valence-electron chi connectivity index (χ3n) is 2.13. The van der Waals surface area contributed by atoms with E-state index in [0.29, 0.717) is 19.4 Å². The van der Waals surface area contributed by atoms with Crippen molar-refractivity contribution in [3.63, 3.8) is 0 Å². The van der Waals surface area contributed by atoms with Crippen molar-refractivity contribution in [2.45, 2.75) is 12.8 Å². The van der Waals surface area contributed by atoms with Gasteiger partial charge in [-0.3, -0.25) is 10.1 Å². The average Bonchev–Trinajstić information content (AvgIpc) is 2.34. The number of benzene rings is 1. The molecule has 0 saturated heterocycles. The van der Waals surface area contributed by atoms with E-state index in [4.69, 9.17) is 16.3 Å². The van der Waals surface area contributed by atoms with Crippen LogP contribution in [0.15, 0.2) is 18.2 Å². The van der Waals surface area contributed by atoms with Gasteiger partial charge in [0.15, 0.2) is 0 Å². The molecule has 0 fully saturated rings. The zero-order valence-corrected chi connectivity index (χ0v) is 9.46. The summed E-state index contributed by atoms with van der Waals surface area (Å²) in [6, 6.07) is 3.61. The minimum Gasteiger partial charge on any atom is -0.494 e. The highest BCUT2D eigenvalue weighted by molar-refractivity contribution is 5.92. The number of rotatable bonds is 6. The van der Waals surface area contributed by atoms with Crippen LogP contribution in [0, 0.1) is 22.5 Å². The first-order chi connectivity index (χ1) is 8.56. The lowest BCUT2D eigenvalue weighted by molar-refractivity contribution is -0.385. The quantitative estimate of drug-likeness (QED) is 0.361. The summed E-state index contributed by atoms with van der Waals surface area (Å²) in [5.41, 5.74) is -0.854. The van der Waals surface area contributed by atoms with Crippen LogP contribution in [0.3, 0.4) is 0 Å². The summed E-state index contributed by atoms with van der Waals surface area (Å²) in [7, 11) is 0. The van der Waals surface area contributed by atoms with Crippen LogP contribution in [0.1, 0.15) is 23.2 Å². The zero-order chi connectivity index (χ0) is 13.5. The number of ether oxygens (including phenoxy) is 1. The van der Waals surface area contributed by atoms with Crippen LogP contribution in [0.5, 0.6) is 5.75 Å². The van der Waals surface area contributed by atoms with E-state index in [1.54, 1.807) is 0 Å². The third-order valence-corrected chi connectivity index (χ3v) is 2.13. The lowest BCUT2D eigenvalue weighted by Gasteiger charge is -2.06. The van der Waals surface area contributed by atoms with Crippen molar-refractivity contribution in [1.29, 1.82) is 0 Å². The summed E-state index contributed by atoms with van der Waals surface area (Å²) < 4.78 is 5.25. The van der Waals surface area contributed by atoms with Gasteiger partial charge in [0.2, 0.25) is 0 Å². The van der Waals surface area contributed by atoms with Crippen molar-refractivity contribution in [3.8, 4) is 18.1 Å². The van der Waals surface area contributed by atoms with Gasteiger partial charge in [0.25, 0.3) is 5.69 Å². The summed E-state index contributed by atoms with van der Waals surface area (Å²) in [4.78, 5) is 20.7. The van der Waals surface area contributed by atoms with E-state index in [9.17, 15) is 14.9 Å².